The number of aromatic amines is 1. The second-order valence-corrected chi connectivity index (χ2v) is 9.21. The number of H-pyrrole nitrogens is 1. The molecule has 1 aliphatic heterocycles. The van der Waals surface area contributed by atoms with Crippen LogP contribution >= 0.6 is 11.8 Å². The Kier molecular flexibility index (Phi) is 5.03. The molecule has 0 fully saturated rings. The lowest BCUT2D eigenvalue weighted by atomic mass is 10.1. The first-order valence-electron chi connectivity index (χ1n) is 8.04. The van der Waals surface area contributed by atoms with Crippen LogP contribution in [0.5, 0.6) is 0 Å². The first kappa shape index (κ1) is 17.5. The predicted molar refractivity (Wildman–Crippen MR) is 97.9 cm³/mol. The summed E-state index contributed by atoms with van der Waals surface area (Å²) in [4.78, 5) is 0.387. The summed E-state index contributed by atoms with van der Waals surface area (Å²) < 4.78 is 27.7. The summed E-state index contributed by atoms with van der Waals surface area (Å²) in [5.41, 5.74) is 5.08. The van der Waals surface area contributed by atoms with E-state index in [2.05, 4.69) is 16.5 Å². The highest BCUT2D eigenvalue weighted by molar-refractivity contribution is 7.98. The standard InChI is InChI=1S/C17H23N3O2S2/c1-12-8-13(2)10-14(9-12)24(21,22)20-6-4-16-15(11-20)17(19-18-16)5-7-23-3/h8-10H,4-7,11H2,1-3H3,(H,18,19). The molecule has 3 rings (SSSR count). The molecule has 0 spiro atoms. The molecular weight excluding hydrogens is 342 g/mol. The van der Waals surface area contributed by atoms with E-state index in [1.165, 1.54) is 0 Å². The van der Waals surface area contributed by atoms with E-state index in [1.807, 2.05) is 19.9 Å². The van der Waals surface area contributed by atoms with E-state index < -0.39 is 10.0 Å². The molecule has 0 saturated heterocycles. The van der Waals surface area contributed by atoms with Gasteiger partial charge in [0.05, 0.1) is 10.6 Å². The largest absolute Gasteiger partial charge is 0.282 e. The zero-order chi connectivity index (χ0) is 17.3. The van der Waals surface area contributed by atoms with Crippen LogP contribution in [-0.2, 0) is 29.4 Å². The van der Waals surface area contributed by atoms with Gasteiger partial charge in [-0.1, -0.05) is 6.07 Å². The van der Waals surface area contributed by atoms with Crippen LogP contribution in [0.1, 0.15) is 28.1 Å². The minimum Gasteiger partial charge on any atom is -0.282 e. The zero-order valence-electron chi connectivity index (χ0n) is 14.3. The normalized spacial score (nSPS) is 15.5. The molecule has 2 aromatic rings. The van der Waals surface area contributed by atoms with Crippen molar-refractivity contribution in [2.24, 2.45) is 0 Å². The number of nitrogens with zero attached hydrogens (tertiary/aromatic N) is 2. The molecule has 2 heterocycles. The van der Waals surface area contributed by atoms with E-state index in [-0.39, 0.29) is 0 Å². The number of benzene rings is 1. The van der Waals surface area contributed by atoms with Crippen molar-refractivity contribution in [3.05, 3.63) is 46.3 Å². The highest BCUT2D eigenvalue weighted by Gasteiger charge is 2.31. The van der Waals surface area contributed by atoms with Gasteiger partial charge in [0.2, 0.25) is 10.0 Å². The van der Waals surface area contributed by atoms with Gasteiger partial charge in [-0.3, -0.25) is 5.10 Å². The number of nitrogens with one attached hydrogen (secondary N) is 1. The molecule has 0 saturated carbocycles. The van der Waals surface area contributed by atoms with Crippen LogP contribution in [0.25, 0.3) is 0 Å². The summed E-state index contributed by atoms with van der Waals surface area (Å²) in [6, 6.07) is 5.49. The Morgan fingerprint density at radius 1 is 1.25 bits per heavy atom. The second kappa shape index (κ2) is 6.90. The Labute approximate surface area is 147 Å². The van der Waals surface area contributed by atoms with Gasteiger partial charge in [0, 0.05) is 37.2 Å². The maximum absolute atomic E-state index is 13.0. The molecule has 1 aliphatic rings. The smallest absolute Gasteiger partial charge is 0.243 e. The van der Waals surface area contributed by atoms with Crippen molar-refractivity contribution in [2.75, 3.05) is 18.6 Å². The van der Waals surface area contributed by atoms with Crippen LogP contribution in [0, 0.1) is 13.8 Å². The highest BCUT2D eigenvalue weighted by Crippen LogP contribution is 2.27. The first-order valence-corrected chi connectivity index (χ1v) is 10.9. The molecule has 1 aromatic heterocycles. The van der Waals surface area contributed by atoms with Crippen molar-refractivity contribution in [1.29, 1.82) is 0 Å². The van der Waals surface area contributed by atoms with Crippen molar-refractivity contribution < 1.29 is 8.42 Å². The summed E-state index contributed by atoms with van der Waals surface area (Å²) in [6.07, 6.45) is 3.62. The van der Waals surface area contributed by atoms with Crippen molar-refractivity contribution in [3.63, 3.8) is 0 Å². The number of sulfonamides is 1. The summed E-state index contributed by atoms with van der Waals surface area (Å²) >= 11 is 1.77. The van der Waals surface area contributed by atoms with Gasteiger partial charge < -0.3 is 0 Å². The molecule has 0 atom stereocenters. The highest BCUT2D eigenvalue weighted by atomic mass is 32.2. The number of aryl methyl sites for hydroxylation is 3. The van der Waals surface area contributed by atoms with Gasteiger partial charge in [-0.2, -0.15) is 21.2 Å². The predicted octanol–water partition coefficient (Wildman–Crippen LogP) is 2.68. The monoisotopic (exact) mass is 365 g/mol. The summed E-state index contributed by atoms with van der Waals surface area (Å²) in [5, 5.41) is 7.48. The number of fused-ring (bicyclic) bond motifs is 1. The molecule has 130 valence electrons. The van der Waals surface area contributed by atoms with E-state index in [0.717, 1.165) is 40.3 Å². The molecule has 0 aliphatic carbocycles. The maximum atomic E-state index is 13.0. The quantitative estimate of drug-likeness (QED) is 0.885. The van der Waals surface area contributed by atoms with Crippen LogP contribution in [0.4, 0.5) is 0 Å². The van der Waals surface area contributed by atoms with Gasteiger partial charge >= 0.3 is 0 Å². The Bertz CT molecular complexity index is 823. The third-order valence-electron chi connectivity index (χ3n) is 4.36. The van der Waals surface area contributed by atoms with Crippen LogP contribution in [-0.4, -0.2) is 41.5 Å². The molecule has 0 amide bonds. The van der Waals surface area contributed by atoms with Crippen molar-refractivity contribution >= 4 is 21.8 Å². The fraction of sp³-hybridized carbons (Fsp3) is 0.471. The molecule has 24 heavy (non-hydrogen) atoms. The van der Waals surface area contributed by atoms with E-state index in [1.54, 1.807) is 28.2 Å². The van der Waals surface area contributed by atoms with E-state index >= 15 is 0 Å². The van der Waals surface area contributed by atoms with Gasteiger partial charge in [0.25, 0.3) is 0 Å². The van der Waals surface area contributed by atoms with E-state index in [0.29, 0.717) is 24.4 Å². The van der Waals surface area contributed by atoms with E-state index in [9.17, 15) is 8.42 Å². The zero-order valence-corrected chi connectivity index (χ0v) is 15.9. The topological polar surface area (TPSA) is 66.1 Å². The fourth-order valence-corrected chi connectivity index (χ4v) is 5.17. The number of aromatic nitrogens is 2. The van der Waals surface area contributed by atoms with Crippen LogP contribution in [0.2, 0.25) is 0 Å². The van der Waals surface area contributed by atoms with Crippen molar-refractivity contribution in [1.82, 2.24) is 14.5 Å². The van der Waals surface area contributed by atoms with Gasteiger partial charge in [0.15, 0.2) is 0 Å². The molecule has 5 nitrogen and oxygen atoms in total. The molecular formula is C17H23N3O2S2. The lowest BCUT2D eigenvalue weighted by Crippen LogP contribution is -2.36. The van der Waals surface area contributed by atoms with Gasteiger partial charge in [0.1, 0.15) is 0 Å². The molecule has 1 aromatic carbocycles. The number of thioether (sulfide) groups is 1. The number of hydrogen-bond acceptors (Lipinski definition) is 4. The number of rotatable bonds is 5. The summed E-state index contributed by atoms with van der Waals surface area (Å²) in [6.45, 7) is 4.76. The minimum absolute atomic E-state index is 0.387. The minimum atomic E-state index is -3.48. The Hall–Kier alpha value is -1.31. The van der Waals surface area contributed by atoms with Gasteiger partial charge in [-0.05, 0) is 49.1 Å². The summed E-state index contributed by atoms with van der Waals surface area (Å²) in [7, 11) is -3.48. The first-order chi connectivity index (χ1) is 11.4. The third-order valence-corrected chi connectivity index (χ3v) is 6.80. The Morgan fingerprint density at radius 3 is 2.62 bits per heavy atom. The summed E-state index contributed by atoms with van der Waals surface area (Å²) in [5.74, 6) is 0.987. The van der Waals surface area contributed by atoms with Crippen molar-refractivity contribution in [3.8, 4) is 0 Å². The maximum Gasteiger partial charge on any atom is 0.243 e. The second-order valence-electron chi connectivity index (χ2n) is 6.28. The average Bonchev–Trinajstić information content (AvgIpc) is 2.94. The van der Waals surface area contributed by atoms with Gasteiger partial charge in [-0.25, -0.2) is 8.42 Å². The van der Waals surface area contributed by atoms with Crippen LogP contribution in [0.3, 0.4) is 0 Å². The molecule has 0 radical (unpaired) electrons. The Balaban J connectivity index is 1.90. The lowest BCUT2D eigenvalue weighted by Gasteiger charge is -2.26. The fourth-order valence-electron chi connectivity index (χ4n) is 3.17. The SMILES string of the molecule is CSCCc1n[nH]c2c1CN(S(=O)(=O)c1cc(C)cc(C)c1)CC2. The molecule has 0 bridgehead atoms. The molecule has 1 N–H and O–H groups in total. The average molecular weight is 366 g/mol. The van der Waals surface area contributed by atoms with E-state index in [4.69, 9.17) is 0 Å². The third kappa shape index (κ3) is 3.38. The lowest BCUT2D eigenvalue weighted by molar-refractivity contribution is 0.389. The number of hydrogen-bond donors (Lipinski definition) is 1. The van der Waals surface area contributed by atoms with Gasteiger partial charge in [-0.15, -0.1) is 0 Å². The van der Waals surface area contributed by atoms with Crippen LogP contribution < -0.4 is 0 Å². The van der Waals surface area contributed by atoms with Crippen LogP contribution in [0.15, 0.2) is 23.1 Å². The molecule has 7 heteroatoms. The Morgan fingerprint density at radius 2 is 1.96 bits per heavy atom. The van der Waals surface area contributed by atoms with Crippen molar-refractivity contribution in [2.45, 2.75) is 38.1 Å². The molecule has 0 unspecified atom stereocenters.